The molecule has 2 aromatic carbocycles. The summed E-state index contributed by atoms with van der Waals surface area (Å²) in [6, 6.07) is 11.8. The van der Waals surface area contributed by atoms with Crippen LogP contribution in [0.25, 0.3) is 0 Å². The molecule has 5 rings (SSSR count). The maximum Gasteiger partial charge on any atom is 0.325 e. The van der Waals surface area contributed by atoms with Gasteiger partial charge >= 0.3 is 6.03 Å². The zero-order valence-corrected chi connectivity index (χ0v) is 24.6. The van der Waals surface area contributed by atoms with Crippen LogP contribution in [0.1, 0.15) is 56.6 Å². The first-order valence-electron chi connectivity index (χ1n) is 15.0. The first-order chi connectivity index (χ1) is 19.9. The molecule has 0 radical (unpaired) electrons. The number of hydrogen-bond donors (Lipinski definition) is 2. The largest absolute Gasteiger partial charge is 0.496 e. The molecule has 0 spiro atoms. The van der Waals surface area contributed by atoms with Crippen LogP contribution in [0.4, 0.5) is 10.5 Å². The molecule has 3 aliphatic rings. The number of nitrogens with one attached hydrogen (secondary N) is 2. The predicted molar refractivity (Wildman–Crippen MR) is 159 cm³/mol. The number of benzene rings is 2. The Kier molecular flexibility index (Phi) is 9.54. The van der Waals surface area contributed by atoms with Crippen molar-refractivity contribution in [3.05, 3.63) is 47.5 Å². The molecule has 222 valence electrons. The quantitative estimate of drug-likeness (QED) is 0.348. The Bertz CT molecular complexity index is 1210. The molecule has 3 amide bonds. The number of anilines is 1. The number of carbonyl (C=O) groups is 2. The zero-order chi connectivity index (χ0) is 28.8. The minimum atomic E-state index is -0.0516. The third-order valence-electron chi connectivity index (χ3n) is 8.43. The van der Waals surface area contributed by atoms with Gasteiger partial charge in [-0.3, -0.25) is 9.69 Å². The Labute approximate surface area is 243 Å². The van der Waals surface area contributed by atoms with Gasteiger partial charge in [-0.1, -0.05) is 25.0 Å². The summed E-state index contributed by atoms with van der Waals surface area (Å²) in [5.41, 5.74) is 2.60. The smallest absolute Gasteiger partial charge is 0.325 e. The fraction of sp³-hybridized carbons (Fsp3) is 0.562. The van der Waals surface area contributed by atoms with Gasteiger partial charge < -0.3 is 29.7 Å². The Morgan fingerprint density at radius 3 is 2.59 bits per heavy atom. The first kappa shape index (κ1) is 29.0. The highest BCUT2D eigenvalue weighted by molar-refractivity contribution is 5.93. The van der Waals surface area contributed by atoms with Crippen LogP contribution in [-0.4, -0.2) is 69.4 Å². The second kappa shape index (κ2) is 13.5. The van der Waals surface area contributed by atoms with Crippen molar-refractivity contribution in [3.8, 4) is 17.2 Å². The summed E-state index contributed by atoms with van der Waals surface area (Å²) in [5, 5.41) is 6.36. The molecule has 9 heteroatoms. The van der Waals surface area contributed by atoms with E-state index in [4.69, 9.17) is 14.2 Å². The van der Waals surface area contributed by atoms with E-state index < -0.39 is 0 Å². The normalized spacial score (nSPS) is 20.7. The van der Waals surface area contributed by atoms with Crippen LogP contribution < -0.4 is 29.7 Å². The molecule has 9 nitrogen and oxygen atoms in total. The predicted octanol–water partition coefficient (Wildman–Crippen LogP) is 4.51. The second-order valence-corrected chi connectivity index (χ2v) is 11.5. The van der Waals surface area contributed by atoms with Gasteiger partial charge in [0.2, 0.25) is 5.91 Å². The lowest BCUT2D eigenvalue weighted by Crippen LogP contribution is -2.53. The third-order valence-corrected chi connectivity index (χ3v) is 8.43. The average molecular weight is 565 g/mol. The summed E-state index contributed by atoms with van der Waals surface area (Å²) in [6.07, 6.45) is 7.00. The molecule has 0 aromatic heterocycles. The standard InChI is InChI=1S/C32H44N4O5/c1-22-13-15-35(27-10-11-28(39-2)30(19-27)41-16-4-5-23-6-7-23)32(38)36(22)21-25-9-8-24(17-29(25)40-3)18-31(37)34-26-12-14-33-20-26/h8-11,17,19,22-23,26,33H,4-7,12-16,18,20-21H2,1-3H3,(H,34,37)/t22-,26+/m0/s1. The van der Waals surface area contributed by atoms with Gasteiger partial charge in [-0.25, -0.2) is 4.79 Å². The Morgan fingerprint density at radius 2 is 1.85 bits per heavy atom. The minimum Gasteiger partial charge on any atom is -0.496 e. The molecular formula is C32H44N4O5. The van der Waals surface area contributed by atoms with Crippen LogP contribution in [0.15, 0.2) is 36.4 Å². The van der Waals surface area contributed by atoms with Crippen molar-refractivity contribution in [1.29, 1.82) is 0 Å². The van der Waals surface area contributed by atoms with Crippen molar-refractivity contribution in [2.24, 2.45) is 5.92 Å². The van der Waals surface area contributed by atoms with E-state index >= 15 is 0 Å². The topological polar surface area (TPSA) is 92.4 Å². The number of urea groups is 1. The number of hydrogen-bond acceptors (Lipinski definition) is 6. The van der Waals surface area contributed by atoms with Crippen molar-refractivity contribution in [1.82, 2.24) is 15.5 Å². The van der Waals surface area contributed by atoms with E-state index in [1.54, 1.807) is 14.2 Å². The second-order valence-electron chi connectivity index (χ2n) is 11.5. The number of amides is 3. The van der Waals surface area contributed by atoms with E-state index in [0.29, 0.717) is 43.4 Å². The van der Waals surface area contributed by atoms with Crippen molar-refractivity contribution < 1.29 is 23.8 Å². The molecule has 1 saturated carbocycles. The van der Waals surface area contributed by atoms with Crippen LogP contribution in [0.2, 0.25) is 0 Å². The fourth-order valence-corrected chi connectivity index (χ4v) is 5.74. The first-order valence-corrected chi connectivity index (χ1v) is 15.0. The van der Waals surface area contributed by atoms with E-state index in [-0.39, 0.29) is 24.0 Å². The Morgan fingerprint density at radius 1 is 1.02 bits per heavy atom. The molecule has 2 atom stereocenters. The fourth-order valence-electron chi connectivity index (χ4n) is 5.74. The monoisotopic (exact) mass is 564 g/mol. The lowest BCUT2D eigenvalue weighted by Gasteiger charge is -2.40. The molecular weight excluding hydrogens is 520 g/mol. The lowest BCUT2D eigenvalue weighted by molar-refractivity contribution is -0.121. The van der Waals surface area contributed by atoms with E-state index in [2.05, 4.69) is 17.6 Å². The van der Waals surface area contributed by atoms with Gasteiger partial charge in [0.25, 0.3) is 0 Å². The summed E-state index contributed by atoms with van der Waals surface area (Å²) < 4.78 is 17.3. The molecule has 41 heavy (non-hydrogen) atoms. The van der Waals surface area contributed by atoms with Gasteiger partial charge in [0, 0.05) is 42.5 Å². The van der Waals surface area contributed by atoms with Crippen LogP contribution >= 0.6 is 0 Å². The van der Waals surface area contributed by atoms with E-state index in [9.17, 15) is 9.59 Å². The zero-order valence-electron chi connectivity index (χ0n) is 24.6. The van der Waals surface area contributed by atoms with Gasteiger partial charge in [0.1, 0.15) is 5.75 Å². The van der Waals surface area contributed by atoms with Crippen LogP contribution in [0.3, 0.4) is 0 Å². The van der Waals surface area contributed by atoms with Gasteiger partial charge in [0.15, 0.2) is 11.5 Å². The van der Waals surface area contributed by atoms with Gasteiger partial charge in [0.05, 0.1) is 33.8 Å². The molecule has 0 bridgehead atoms. The van der Waals surface area contributed by atoms with E-state index in [1.807, 2.05) is 46.2 Å². The summed E-state index contributed by atoms with van der Waals surface area (Å²) in [5.74, 6) is 2.91. The summed E-state index contributed by atoms with van der Waals surface area (Å²) in [4.78, 5) is 30.1. The minimum absolute atomic E-state index is 0.00901. The highest BCUT2D eigenvalue weighted by Gasteiger charge is 2.33. The molecule has 2 N–H and O–H groups in total. The third kappa shape index (κ3) is 7.44. The SMILES string of the molecule is COc1cc(CC(=O)N[C@@H]2CCNC2)ccc1CN1C(=O)N(c2ccc(OC)c(OCCCC3CC3)c2)CC[C@@H]1C. The van der Waals surface area contributed by atoms with Crippen LogP contribution in [0.5, 0.6) is 17.2 Å². The van der Waals surface area contributed by atoms with Gasteiger partial charge in [-0.2, -0.15) is 0 Å². The maximum atomic E-state index is 13.8. The van der Waals surface area contributed by atoms with Crippen molar-refractivity contribution in [2.45, 2.75) is 70.5 Å². The van der Waals surface area contributed by atoms with E-state index in [0.717, 1.165) is 55.1 Å². The van der Waals surface area contributed by atoms with Crippen LogP contribution in [-0.2, 0) is 17.8 Å². The highest BCUT2D eigenvalue weighted by atomic mass is 16.5. The number of rotatable bonds is 13. The summed E-state index contributed by atoms with van der Waals surface area (Å²) in [7, 11) is 3.27. The number of carbonyl (C=O) groups excluding carboxylic acids is 2. The highest BCUT2D eigenvalue weighted by Crippen LogP contribution is 2.36. The van der Waals surface area contributed by atoms with Crippen molar-refractivity contribution >= 4 is 17.6 Å². The Hall–Kier alpha value is -3.46. The van der Waals surface area contributed by atoms with Gasteiger partial charge in [-0.15, -0.1) is 0 Å². The molecule has 2 aromatic rings. The molecule has 0 unspecified atom stereocenters. The van der Waals surface area contributed by atoms with Crippen LogP contribution in [0, 0.1) is 5.92 Å². The number of ether oxygens (including phenoxy) is 3. The van der Waals surface area contributed by atoms with Gasteiger partial charge in [-0.05, 0) is 68.8 Å². The number of methoxy groups -OCH3 is 2. The average Bonchev–Trinajstić information content (AvgIpc) is 3.66. The molecule has 3 fully saturated rings. The molecule has 2 aliphatic heterocycles. The van der Waals surface area contributed by atoms with Crippen molar-refractivity contribution in [2.75, 3.05) is 45.4 Å². The molecule has 2 saturated heterocycles. The van der Waals surface area contributed by atoms with E-state index in [1.165, 1.54) is 19.3 Å². The summed E-state index contributed by atoms with van der Waals surface area (Å²) in [6.45, 7) is 5.53. The summed E-state index contributed by atoms with van der Waals surface area (Å²) >= 11 is 0. The molecule has 2 heterocycles. The number of nitrogens with zero attached hydrogens (tertiary/aromatic N) is 2. The lowest BCUT2D eigenvalue weighted by atomic mass is 10.0. The Balaban J connectivity index is 1.25. The molecule has 1 aliphatic carbocycles. The maximum absolute atomic E-state index is 13.8. The van der Waals surface area contributed by atoms with Crippen molar-refractivity contribution in [3.63, 3.8) is 0 Å².